The van der Waals surface area contributed by atoms with E-state index in [-0.39, 0.29) is 18.4 Å². The molecule has 0 aliphatic rings. The van der Waals surface area contributed by atoms with E-state index < -0.39 is 0 Å². The van der Waals surface area contributed by atoms with Gasteiger partial charge in [0, 0.05) is 7.05 Å². The first-order valence-electron chi connectivity index (χ1n) is 5.52. The number of carbonyl (C=O) groups is 1. The molecule has 19 heavy (non-hydrogen) atoms. The van der Waals surface area contributed by atoms with Crippen LogP contribution < -0.4 is 10.6 Å². The molecule has 1 aromatic carbocycles. The van der Waals surface area contributed by atoms with E-state index in [9.17, 15) is 4.79 Å². The van der Waals surface area contributed by atoms with Crippen molar-refractivity contribution in [1.82, 2.24) is 14.8 Å². The number of amides is 1. The van der Waals surface area contributed by atoms with E-state index in [1.165, 1.54) is 15.9 Å². The van der Waals surface area contributed by atoms with Gasteiger partial charge in [-0.05, 0) is 12.1 Å². The third-order valence-corrected chi connectivity index (χ3v) is 2.61. The van der Waals surface area contributed by atoms with Gasteiger partial charge in [-0.25, -0.2) is 9.67 Å². The lowest BCUT2D eigenvalue weighted by Crippen LogP contribution is -2.30. The molecule has 1 aromatic heterocycles. The van der Waals surface area contributed by atoms with Gasteiger partial charge in [-0.3, -0.25) is 4.79 Å². The van der Waals surface area contributed by atoms with Gasteiger partial charge < -0.3 is 10.6 Å². The normalized spacial score (nSPS) is 9.89. The molecule has 96 valence electrons. The molecule has 0 radical (unpaired) electrons. The molecule has 1 heterocycles. The lowest BCUT2D eigenvalue weighted by atomic mass is 10.2. The van der Waals surface area contributed by atoms with Crippen molar-refractivity contribution in [1.29, 1.82) is 5.26 Å². The van der Waals surface area contributed by atoms with E-state index in [1.54, 1.807) is 31.3 Å². The highest BCUT2D eigenvalue weighted by atomic mass is 16.2. The van der Waals surface area contributed by atoms with Crippen molar-refractivity contribution in [3.63, 3.8) is 0 Å². The van der Waals surface area contributed by atoms with Crippen LogP contribution >= 0.6 is 0 Å². The molecule has 2 N–H and O–H groups in total. The molecule has 0 unspecified atom stereocenters. The molecule has 0 bridgehead atoms. The number of para-hydroxylation sites is 1. The number of likely N-dealkylation sites (N-methyl/N-ethyl adjacent to an activating group) is 1. The number of rotatable bonds is 3. The van der Waals surface area contributed by atoms with Gasteiger partial charge in [0.25, 0.3) is 0 Å². The van der Waals surface area contributed by atoms with Gasteiger partial charge in [0.1, 0.15) is 18.9 Å². The first-order chi connectivity index (χ1) is 9.11. The average Bonchev–Trinajstić information content (AvgIpc) is 2.83. The van der Waals surface area contributed by atoms with Gasteiger partial charge in [-0.15, -0.1) is 5.10 Å². The topological polar surface area (TPSA) is 101 Å². The summed E-state index contributed by atoms with van der Waals surface area (Å²) in [5.74, 6) is -0.0968. The highest BCUT2D eigenvalue weighted by Gasteiger charge is 2.15. The second-order valence-corrected chi connectivity index (χ2v) is 3.88. The van der Waals surface area contributed by atoms with Crippen LogP contribution in [0.1, 0.15) is 5.56 Å². The summed E-state index contributed by atoms with van der Waals surface area (Å²) < 4.78 is 1.35. The summed E-state index contributed by atoms with van der Waals surface area (Å²) in [5, 5.41) is 12.9. The number of nitriles is 1. The predicted octanol–water partition coefficient (Wildman–Crippen LogP) is 0.395. The molecular weight excluding hydrogens is 244 g/mol. The zero-order valence-electron chi connectivity index (χ0n) is 10.3. The summed E-state index contributed by atoms with van der Waals surface area (Å²) in [7, 11) is 1.61. The lowest BCUT2D eigenvalue weighted by molar-refractivity contribution is -0.119. The maximum atomic E-state index is 12.1. The first-order valence-corrected chi connectivity index (χ1v) is 5.52. The van der Waals surface area contributed by atoms with E-state index in [1.807, 2.05) is 0 Å². The van der Waals surface area contributed by atoms with Gasteiger partial charge in [0.05, 0.1) is 11.3 Å². The molecular formula is C12H12N6O. The van der Waals surface area contributed by atoms with Crippen molar-refractivity contribution in [2.24, 2.45) is 0 Å². The molecule has 0 aliphatic carbocycles. The van der Waals surface area contributed by atoms with Crippen LogP contribution in [0.25, 0.3) is 0 Å². The Bertz CT molecular complexity index is 642. The Morgan fingerprint density at radius 3 is 2.89 bits per heavy atom. The summed E-state index contributed by atoms with van der Waals surface area (Å²) in [6.45, 7) is 0.0143. The fraction of sp³-hybridized carbons (Fsp3) is 0.167. The summed E-state index contributed by atoms with van der Waals surface area (Å²) >= 11 is 0. The number of anilines is 2. The Balaban J connectivity index is 2.17. The number of hydrogen-bond acceptors (Lipinski definition) is 5. The summed E-state index contributed by atoms with van der Waals surface area (Å²) in [4.78, 5) is 17.2. The Morgan fingerprint density at radius 1 is 1.53 bits per heavy atom. The summed E-state index contributed by atoms with van der Waals surface area (Å²) in [6, 6.07) is 8.94. The van der Waals surface area contributed by atoms with Gasteiger partial charge >= 0.3 is 0 Å². The van der Waals surface area contributed by atoms with Crippen molar-refractivity contribution >= 4 is 17.5 Å². The predicted molar refractivity (Wildman–Crippen MR) is 69.0 cm³/mol. The van der Waals surface area contributed by atoms with Crippen LogP contribution in [0.4, 0.5) is 11.6 Å². The maximum absolute atomic E-state index is 12.1. The quantitative estimate of drug-likeness (QED) is 0.856. The van der Waals surface area contributed by atoms with Gasteiger partial charge in [-0.1, -0.05) is 12.1 Å². The molecule has 0 aliphatic heterocycles. The van der Waals surface area contributed by atoms with E-state index in [2.05, 4.69) is 16.2 Å². The van der Waals surface area contributed by atoms with Crippen LogP contribution in [-0.4, -0.2) is 27.7 Å². The number of aromatic nitrogens is 3. The first kappa shape index (κ1) is 12.6. The fourth-order valence-electron chi connectivity index (χ4n) is 1.62. The third kappa shape index (κ3) is 2.69. The van der Waals surface area contributed by atoms with Crippen molar-refractivity contribution in [3.8, 4) is 6.07 Å². The minimum Gasteiger partial charge on any atom is -0.367 e. The van der Waals surface area contributed by atoms with E-state index in [4.69, 9.17) is 11.0 Å². The molecule has 7 nitrogen and oxygen atoms in total. The van der Waals surface area contributed by atoms with E-state index in [0.29, 0.717) is 11.3 Å². The second kappa shape index (κ2) is 5.18. The third-order valence-electron chi connectivity index (χ3n) is 2.61. The molecule has 0 saturated carbocycles. The number of nitrogen functional groups attached to an aromatic ring is 1. The number of nitrogens with two attached hydrogens (primary N) is 1. The Hall–Kier alpha value is -2.88. The van der Waals surface area contributed by atoms with Crippen LogP contribution in [0.15, 0.2) is 30.6 Å². The van der Waals surface area contributed by atoms with Gasteiger partial charge in [-0.2, -0.15) is 5.26 Å². The molecule has 7 heteroatoms. The zero-order chi connectivity index (χ0) is 13.8. The minimum absolute atomic E-state index is 0.0143. The smallest absolute Gasteiger partial charge is 0.248 e. The largest absolute Gasteiger partial charge is 0.367 e. The van der Waals surface area contributed by atoms with Crippen LogP contribution in [0.3, 0.4) is 0 Å². The Kier molecular flexibility index (Phi) is 3.43. The summed E-state index contributed by atoms with van der Waals surface area (Å²) in [5.41, 5.74) is 6.38. The zero-order valence-corrected chi connectivity index (χ0v) is 10.3. The Labute approximate surface area is 109 Å². The van der Waals surface area contributed by atoms with Crippen molar-refractivity contribution in [2.75, 3.05) is 17.7 Å². The number of hydrogen-bond donors (Lipinski definition) is 1. The monoisotopic (exact) mass is 256 g/mol. The Morgan fingerprint density at radius 2 is 2.26 bits per heavy atom. The van der Waals surface area contributed by atoms with Gasteiger partial charge in [0.2, 0.25) is 11.9 Å². The summed E-state index contributed by atoms with van der Waals surface area (Å²) in [6.07, 6.45) is 1.39. The molecule has 0 atom stereocenters. The van der Waals surface area contributed by atoms with Crippen LogP contribution in [0, 0.1) is 11.3 Å². The standard InChI is InChI=1S/C12H12N6O/c1-17(10-5-3-2-4-9(10)6-13)11(19)7-18-8-15-12(14)16-18/h2-5,8H,7H2,1H3,(H2,14,16). The molecule has 2 rings (SSSR count). The van der Waals surface area contributed by atoms with Crippen molar-refractivity contribution in [2.45, 2.75) is 6.54 Å². The SMILES string of the molecule is CN(C(=O)Cn1cnc(N)n1)c1ccccc1C#N. The lowest BCUT2D eigenvalue weighted by Gasteiger charge is -2.18. The number of carbonyl (C=O) groups excluding carboxylic acids is 1. The molecule has 2 aromatic rings. The second-order valence-electron chi connectivity index (χ2n) is 3.88. The maximum Gasteiger partial charge on any atom is 0.248 e. The van der Waals surface area contributed by atoms with Gasteiger partial charge in [0.15, 0.2) is 0 Å². The average molecular weight is 256 g/mol. The molecule has 1 amide bonds. The minimum atomic E-state index is -0.215. The van der Waals surface area contributed by atoms with E-state index in [0.717, 1.165) is 0 Å². The fourth-order valence-corrected chi connectivity index (χ4v) is 1.62. The van der Waals surface area contributed by atoms with E-state index >= 15 is 0 Å². The molecule has 0 spiro atoms. The number of nitrogens with zero attached hydrogens (tertiary/aromatic N) is 5. The number of benzene rings is 1. The highest BCUT2D eigenvalue weighted by molar-refractivity contribution is 5.93. The van der Waals surface area contributed by atoms with Crippen molar-refractivity contribution in [3.05, 3.63) is 36.2 Å². The van der Waals surface area contributed by atoms with Crippen LogP contribution in [0.5, 0.6) is 0 Å². The molecule has 0 saturated heterocycles. The van der Waals surface area contributed by atoms with Crippen molar-refractivity contribution < 1.29 is 4.79 Å². The highest BCUT2D eigenvalue weighted by Crippen LogP contribution is 2.18. The van der Waals surface area contributed by atoms with Crippen LogP contribution in [-0.2, 0) is 11.3 Å². The van der Waals surface area contributed by atoms with Crippen LogP contribution in [0.2, 0.25) is 0 Å². The molecule has 0 fully saturated rings.